The van der Waals surface area contributed by atoms with E-state index in [-0.39, 0.29) is 36.8 Å². The lowest BCUT2D eigenvalue weighted by Gasteiger charge is -2.36. The standard InChI is InChI=1S/C14H18Cl2N4O.2ClH/c15-10-8-11(16)13(18-9-10)19-4-6-20(7-5-19)14(21)12-2-1-3-17-12;;/h8-9,12,17H,1-7H2;2*1H. The number of pyridine rings is 1. The molecule has 0 aromatic carbocycles. The minimum absolute atomic E-state index is 0. The van der Waals surface area contributed by atoms with Gasteiger partial charge in [0.25, 0.3) is 0 Å². The van der Waals surface area contributed by atoms with Gasteiger partial charge in [-0.1, -0.05) is 23.2 Å². The Labute approximate surface area is 158 Å². The first kappa shape index (κ1) is 20.6. The quantitative estimate of drug-likeness (QED) is 0.827. The molecule has 23 heavy (non-hydrogen) atoms. The molecule has 3 heterocycles. The molecule has 0 bridgehead atoms. The Morgan fingerprint density at radius 3 is 2.48 bits per heavy atom. The number of nitrogens with zero attached hydrogens (tertiary/aromatic N) is 3. The molecule has 9 heteroatoms. The summed E-state index contributed by atoms with van der Waals surface area (Å²) >= 11 is 12.1. The molecule has 3 rings (SSSR count). The number of hydrogen-bond donors (Lipinski definition) is 1. The molecular weight excluding hydrogens is 382 g/mol. The van der Waals surface area contributed by atoms with Gasteiger partial charge in [-0.15, -0.1) is 24.8 Å². The maximum atomic E-state index is 12.3. The highest BCUT2D eigenvalue weighted by Crippen LogP contribution is 2.26. The van der Waals surface area contributed by atoms with Crippen molar-refractivity contribution in [3.8, 4) is 0 Å². The van der Waals surface area contributed by atoms with Gasteiger partial charge in [0, 0.05) is 32.4 Å². The van der Waals surface area contributed by atoms with E-state index in [9.17, 15) is 4.79 Å². The predicted molar refractivity (Wildman–Crippen MR) is 98.6 cm³/mol. The first-order valence-corrected chi connectivity index (χ1v) is 7.99. The van der Waals surface area contributed by atoms with E-state index in [1.807, 2.05) is 4.90 Å². The molecule has 0 spiro atoms. The third-order valence-corrected chi connectivity index (χ3v) is 4.52. The summed E-state index contributed by atoms with van der Waals surface area (Å²) in [6.45, 7) is 3.84. The summed E-state index contributed by atoms with van der Waals surface area (Å²) in [5.41, 5.74) is 0. The number of anilines is 1. The number of halogens is 4. The number of carbonyl (C=O) groups is 1. The monoisotopic (exact) mass is 400 g/mol. The zero-order valence-electron chi connectivity index (χ0n) is 12.5. The lowest BCUT2D eigenvalue weighted by molar-refractivity contribution is -0.133. The molecule has 2 saturated heterocycles. The van der Waals surface area contributed by atoms with E-state index >= 15 is 0 Å². The normalized spacial score (nSPS) is 20.7. The van der Waals surface area contributed by atoms with Crippen LogP contribution < -0.4 is 10.2 Å². The number of rotatable bonds is 2. The van der Waals surface area contributed by atoms with Gasteiger partial charge in [0.1, 0.15) is 5.82 Å². The number of piperazine rings is 1. The van der Waals surface area contributed by atoms with Crippen LogP contribution in [-0.4, -0.2) is 54.6 Å². The van der Waals surface area contributed by atoms with E-state index in [4.69, 9.17) is 23.2 Å². The van der Waals surface area contributed by atoms with Crippen LogP contribution in [0.15, 0.2) is 12.3 Å². The molecule has 2 fully saturated rings. The summed E-state index contributed by atoms with van der Waals surface area (Å²) in [6, 6.07) is 1.71. The zero-order chi connectivity index (χ0) is 14.8. The van der Waals surface area contributed by atoms with Crippen LogP contribution in [-0.2, 0) is 4.79 Å². The van der Waals surface area contributed by atoms with Crippen molar-refractivity contribution in [2.75, 3.05) is 37.6 Å². The maximum Gasteiger partial charge on any atom is 0.239 e. The fraction of sp³-hybridized carbons (Fsp3) is 0.571. The topological polar surface area (TPSA) is 48.5 Å². The van der Waals surface area contributed by atoms with Crippen molar-refractivity contribution in [2.24, 2.45) is 0 Å². The Kier molecular flexibility index (Phi) is 8.18. The van der Waals surface area contributed by atoms with Crippen molar-refractivity contribution in [2.45, 2.75) is 18.9 Å². The molecule has 1 atom stereocenters. The highest BCUT2D eigenvalue weighted by Gasteiger charge is 2.29. The Hall–Kier alpha value is -0.460. The molecular formula is C14H20Cl4N4O. The lowest BCUT2D eigenvalue weighted by atomic mass is 10.2. The van der Waals surface area contributed by atoms with Gasteiger partial charge in [0.15, 0.2) is 0 Å². The summed E-state index contributed by atoms with van der Waals surface area (Å²) in [5.74, 6) is 0.967. The van der Waals surface area contributed by atoms with Crippen LogP contribution >= 0.6 is 48.0 Å². The first-order chi connectivity index (χ1) is 10.1. The number of nitrogens with one attached hydrogen (secondary N) is 1. The van der Waals surface area contributed by atoms with Gasteiger partial charge < -0.3 is 15.1 Å². The summed E-state index contributed by atoms with van der Waals surface area (Å²) in [7, 11) is 0. The highest BCUT2D eigenvalue weighted by atomic mass is 35.5. The van der Waals surface area contributed by atoms with Crippen molar-refractivity contribution in [1.82, 2.24) is 15.2 Å². The highest BCUT2D eigenvalue weighted by molar-refractivity contribution is 6.36. The zero-order valence-corrected chi connectivity index (χ0v) is 15.6. The molecule has 0 radical (unpaired) electrons. The van der Waals surface area contributed by atoms with Crippen molar-refractivity contribution in [3.05, 3.63) is 22.3 Å². The molecule has 5 nitrogen and oxygen atoms in total. The molecule has 2 aliphatic heterocycles. The van der Waals surface area contributed by atoms with Crippen LogP contribution in [0.4, 0.5) is 5.82 Å². The average Bonchev–Trinajstić information content (AvgIpc) is 3.01. The second-order valence-electron chi connectivity index (χ2n) is 5.42. The second-order valence-corrected chi connectivity index (χ2v) is 6.26. The number of aromatic nitrogens is 1. The van der Waals surface area contributed by atoms with Gasteiger partial charge >= 0.3 is 0 Å². The average molecular weight is 402 g/mol. The van der Waals surface area contributed by atoms with Gasteiger partial charge in [-0.3, -0.25) is 4.79 Å². The molecule has 130 valence electrons. The van der Waals surface area contributed by atoms with Crippen molar-refractivity contribution in [1.29, 1.82) is 0 Å². The van der Waals surface area contributed by atoms with E-state index in [1.165, 1.54) is 0 Å². The molecule has 1 amide bonds. The smallest absolute Gasteiger partial charge is 0.239 e. The fourth-order valence-corrected chi connectivity index (χ4v) is 3.39. The Bertz CT molecular complexity index is 532. The maximum absolute atomic E-state index is 12.3. The van der Waals surface area contributed by atoms with E-state index < -0.39 is 0 Å². The van der Waals surface area contributed by atoms with E-state index in [2.05, 4.69) is 15.2 Å². The lowest BCUT2D eigenvalue weighted by Crippen LogP contribution is -2.53. The van der Waals surface area contributed by atoms with Crippen LogP contribution in [0, 0.1) is 0 Å². The van der Waals surface area contributed by atoms with Crippen molar-refractivity contribution < 1.29 is 4.79 Å². The van der Waals surface area contributed by atoms with Crippen LogP contribution in [0.25, 0.3) is 0 Å². The molecule has 1 unspecified atom stereocenters. The van der Waals surface area contributed by atoms with Gasteiger partial charge in [0.2, 0.25) is 5.91 Å². The Balaban J connectivity index is 0.00000132. The number of amides is 1. The minimum atomic E-state index is 0. The van der Waals surface area contributed by atoms with Crippen LogP contribution in [0.1, 0.15) is 12.8 Å². The van der Waals surface area contributed by atoms with Crippen LogP contribution in [0.2, 0.25) is 10.0 Å². The fourth-order valence-electron chi connectivity index (χ4n) is 2.89. The Morgan fingerprint density at radius 2 is 1.91 bits per heavy atom. The van der Waals surface area contributed by atoms with E-state index in [1.54, 1.807) is 12.3 Å². The molecule has 0 saturated carbocycles. The van der Waals surface area contributed by atoms with E-state index in [0.717, 1.165) is 38.3 Å². The molecule has 1 aromatic rings. The molecule has 1 aromatic heterocycles. The largest absolute Gasteiger partial charge is 0.352 e. The number of carbonyl (C=O) groups excluding carboxylic acids is 1. The predicted octanol–water partition coefficient (Wildman–Crippen LogP) is 2.63. The second kappa shape index (κ2) is 9.14. The Morgan fingerprint density at radius 1 is 1.22 bits per heavy atom. The first-order valence-electron chi connectivity index (χ1n) is 7.23. The van der Waals surface area contributed by atoms with Gasteiger partial charge in [-0.25, -0.2) is 4.98 Å². The minimum Gasteiger partial charge on any atom is -0.352 e. The summed E-state index contributed by atoms with van der Waals surface area (Å²) in [5, 5.41) is 4.35. The van der Waals surface area contributed by atoms with Crippen LogP contribution in [0.3, 0.4) is 0 Å². The summed E-state index contributed by atoms with van der Waals surface area (Å²) < 4.78 is 0. The van der Waals surface area contributed by atoms with E-state index in [0.29, 0.717) is 23.1 Å². The summed E-state index contributed by atoms with van der Waals surface area (Å²) in [4.78, 5) is 20.7. The van der Waals surface area contributed by atoms with Crippen LogP contribution in [0.5, 0.6) is 0 Å². The summed E-state index contributed by atoms with van der Waals surface area (Å²) in [6.07, 6.45) is 3.63. The third-order valence-electron chi connectivity index (χ3n) is 4.04. The van der Waals surface area contributed by atoms with Crippen molar-refractivity contribution in [3.63, 3.8) is 0 Å². The SMILES string of the molecule is Cl.Cl.O=C(C1CCCN1)N1CCN(c2ncc(Cl)cc2Cl)CC1. The third kappa shape index (κ3) is 4.77. The van der Waals surface area contributed by atoms with Gasteiger partial charge in [0.05, 0.1) is 16.1 Å². The molecule has 1 N–H and O–H groups in total. The van der Waals surface area contributed by atoms with Crippen molar-refractivity contribution >= 4 is 59.7 Å². The molecule has 2 aliphatic rings. The van der Waals surface area contributed by atoms with Gasteiger partial charge in [-0.2, -0.15) is 0 Å². The van der Waals surface area contributed by atoms with Gasteiger partial charge in [-0.05, 0) is 25.5 Å². The molecule has 0 aliphatic carbocycles. The number of hydrogen-bond acceptors (Lipinski definition) is 4.